The maximum absolute atomic E-state index is 14.3. The van der Waals surface area contributed by atoms with Crippen LogP contribution in [-0.2, 0) is 42.9 Å². The van der Waals surface area contributed by atoms with Crippen molar-refractivity contribution < 1.29 is 58.2 Å². The Hall–Kier alpha value is -2.78. The zero-order valence-electron chi connectivity index (χ0n) is 35.4. The fourth-order valence-corrected chi connectivity index (χ4v) is 9.44. The molecule has 4 aliphatic rings. The number of carbonyl (C=O) groups excluding carboxylic acids is 4. The molecule has 2 bridgehead atoms. The number of cyclic esters (lactones) is 1. The van der Waals surface area contributed by atoms with Gasteiger partial charge in [-0.15, -0.1) is 6.58 Å². The summed E-state index contributed by atoms with van der Waals surface area (Å²) in [7, 11) is 4.61. The van der Waals surface area contributed by atoms with Crippen LogP contribution < -0.4 is 0 Å². The van der Waals surface area contributed by atoms with Crippen molar-refractivity contribution in [1.29, 1.82) is 0 Å². The van der Waals surface area contributed by atoms with E-state index in [0.29, 0.717) is 62.5 Å². The van der Waals surface area contributed by atoms with E-state index < -0.39 is 77.9 Å². The lowest BCUT2D eigenvalue weighted by Gasteiger charge is -2.47. The molecule has 0 aromatic rings. The molecule has 0 aromatic heterocycles. The molecule has 3 aliphatic heterocycles. The van der Waals surface area contributed by atoms with Crippen LogP contribution in [0.1, 0.15) is 105 Å². The van der Waals surface area contributed by atoms with Crippen LogP contribution in [-0.4, -0.2) is 126 Å². The maximum Gasteiger partial charge on any atom is 0.329 e. The standard InChI is InChI=1S/C44H69NO12/c1-10-13-31-19-25(2)18-26(3)20-37(54-8)40-38(55-9)22-28(5)44(52,57-40)41(49)42(50)45-17-12-11-14-32(45)43(51)56-39(29(6)34(47)24-35(31)48)27(4)21-30-15-16-33(46)36(23-30)53-7/h10,19,21,25-26,28-30,32-34,36-40,46-47,52H,1,11-18,20,22-24H2,2-9H3/t25?,26-,28?,29+,30-,32-,33+,34-,36?,37-,38?,39+,40?,44?/m0/s1. The van der Waals surface area contributed by atoms with Gasteiger partial charge in [0.15, 0.2) is 5.78 Å². The third kappa shape index (κ3) is 11.3. The van der Waals surface area contributed by atoms with Crippen LogP contribution in [0.3, 0.4) is 0 Å². The molecule has 0 spiro atoms. The number of carbonyl (C=O) groups is 4. The van der Waals surface area contributed by atoms with Gasteiger partial charge in [0, 0.05) is 46.1 Å². The highest BCUT2D eigenvalue weighted by Gasteiger charge is 2.56. The van der Waals surface area contributed by atoms with E-state index in [1.54, 1.807) is 27.0 Å². The predicted molar refractivity (Wildman–Crippen MR) is 213 cm³/mol. The molecule has 14 atom stereocenters. The minimum atomic E-state index is -2.51. The summed E-state index contributed by atoms with van der Waals surface area (Å²) in [5, 5.41) is 34.1. The molecule has 6 unspecified atom stereocenters. The molecule has 2 saturated heterocycles. The summed E-state index contributed by atoms with van der Waals surface area (Å²) in [5.74, 6) is -7.32. The van der Waals surface area contributed by atoms with Gasteiger partial charge in [0.1, 0.15) is 18.2 Å². The van der Waals surface area contributed by atoms with Crippen LogP contribution >= 0.6 is 0 Å². The van der Waals surface area contributed by atoms with Gasteiger partial charge in [-0.25, -0.2) is 4.79 Å². The number of fused-ring (bicyclic) bond motifs is 3. The molecule has 322 valence electrons. The second kappa shape index (κ2) is 21.0. The van der Waals surface area contributed by atoms with Gasteiger partial charge in [-0.05, 0) is 100 Å². The average Bonchev–Trinajstić information content (AvgIpc) is 3.18. The Morgan fingerprint density at radius 1 is 0.912 bits per heavy atom. The first kappa shape index (κ1) is 46.9. The smallest absolute Gasteiger partial charge is 0.329 e. The van der Waals surface area contributed by atoms with Crippen molar-refractivity contribution >= 4 is 23.4 Å². The van der Waals surface area contributed by atoms with Crippen molar-refractivity contribution in [3.63, 3.8) is 0 Å². The highest BCUT2D eigenvalue weighted by Crippen LogP contribution is 2.39. The summed E-state index contributed by atoms with van der Waals surface area (Å²) in [6, 6.07) is -1.14. The number of nitrogens with zero attached hydrogens (tertiary/aromatic N) is 1. The van der Waals surface area contributed by atoms with Crippen molar-refractivity contribution in [2.45, 2.75) is 160 Å². The minimum Gasteiger partial charge on any atom is -0.456 e. The van der Waals surface area contributed by atoms with Gasteiger partial charge in [-0.2, -0.15) is 0 Å². The van der Waals surface area contributed by atoms with E-state index in [-0.39, 0.29) is 55.4 Å². The molecule has 0 aromatic carbocycles. The number of piperidine rings is 1. The lowest BCUT2D eigenvalue weighted by molar-refractivity contribution is -0.302. The van der Waals surface area contributed by atoms with E-state index in [1.807, 2.05) is 26.0 Å². The first-order chi connectivity index (χ1) is 27.0. The lowest BCUT2D eigenvalue weighted by Crippen LogP contribution is -2.64. The van der Waals surface area contributed by atoms with Gasteiger partial charge in [0.05, 0.1) is 30.5 Å². The molecule has 3 heterocycles. The number of allylic oxidation sites excluding steroid dienone is 4. The van der Waals surface area contributed by atoms with E-state index in [0.717, 1.165) is 0 Å². The molecule has 0 radical (unpaired) electrons. The molecule has 13 nitrogen and oxygen atoms in total. The monoisotopic (exact) mass is 803 g/mol. The van der Waals surface area contributed by atoms with Crippen molar-refractivity contribution in [3.05, 3.63) is 36.0 Å². The average molecular weight is 804 g/mol. The molecule has 1 saturated carbocycles. The second-order valence-electron chi connectivity index (χ2n) is 17.3. The molecule has 13 heteroatoms. The van der Waals surface area contributed by atoms with E-state index in [2.05, 4.69) is 13.5 Å². The third-order valence-electron chi connectivity index (χ3n) is 12.8. The first-order valence-electron chi connectivity index (χ1n) is 20.9. The van der Waals surface area contributed by atoms with Gasteiger partial charge in [0.25, 0.3) is 11.7 Å². The number of Topliss-reactive ketones (excluding diaryl/α,β-unsaturated/α-hetero) is 2. The molecule has 3 fully saturated rings. The molecule has 1 aliphatic carbocycles. The Kier molecular flexibility index (Phi) is 17.2. The minimum absolute atomic E-state index is 0.0120. The van der Waals surface area contributed by atoms with Crippen molar-refractivity contribution in [3.8, 4) is 0 Å². The van der Waals surface area contributed by atoms with Crippen molar-refractivity contribution in [2.75, 3.05) is 27.9 Å². The Labute approximate surface area is 339 Å². The van der Waals surface area contributed by atoms with Crippen LogP contribution in [0.15, 0.2) is 36.0 Å². The normalized spacial score (nSPS) is 40.1. The third-order valence-corrected chi connectivity index (χ3v) is 12.8. The Balaban J connectivity index is 1.78. The SMILES string of the molecule is C=CCC1=CC(C)C[C@H](C)C[C@H](OC)C2OC(O)(C(=O)C(=O)N3CCCC[C@H]3C(=O)O[C@H](C(C)=C[C@@H]3CC[C@@H](O)C(OC)C3)[C@H](C)[C@@H](O)CC1=O)C(C)CC2OC. The highest BCUT2D eigenvalue weighted by atomic mass is 16.7. The van der Waals surface area contributed by atoms with E-state index in [1.165, 1.54) is 19.1 Å². The molecular weight excluding hydrogens is 734 g/mol. The quantitative estimate of drug-likeness (QED) is 0.185. The molecule has 4 rings (SSSR count). The van der Waals surface area contributed by atoms with Crippen molar-refractivity contribution in [2.24, 2.45) is 29.6 Å². The number of rotatable bonds is 7. The largest absolute Gasteiger partial charge is 0.456 e. The molecule has 3 N–H and O–H groups in total. The summed E-state index contributed by atoms with van der Waals surface area (Å²) in [5.41, 5.74) is 1.18. The maximum atomic E-state index is 14.3. The highest BCUT2D eigenvalue weighted by molar-refractivity contribution is 6.39. The molecule has 57 heavy (non-hydrogen) atoms. The number of methoxy groups -OCH3 is 3. The Morgan fingerprint density at radius 3 is 2.23 bits per heavy atom. The van der Waals surface area contributed by atoms with Crippen LogP contribution in [0.25, 0.3) is 0 Å². The van der Waals surface area contributed by atoms with Crippen LogP contribution in [0.5, 0.6) is 0 Å². The topological polar surface area (TPSA) is 178 Å². The summed E-state index contributed by atoms with van der Waals surface area (Å²) in [6.07, 6.45) is 4.89. The van der Waals surface area contributed by atoms with Crippen molar-refractivity contribution in [1.82, 2.24) is 4.90 Å². The summed E-state index contributed by atoms with van der Waals surface area (Å²) < 4.78 is 29.8. The molecule has 1 amide bonds. The van der Waals surface area contributed by atoms with Gasteiger partial charge in [-0.1, -0.05) is 45.9 Å². The van der Waals surface area contributed by atoms with Crippen LogP contribution in [0.4, 0.5) is 0 Å². The fraction of sp³-hybridized carbons (Fsp3) is 0.773. The zero-order valence-corrected chi connectivity index (χ0v) is 35.4. The van der Waals surface area contributed by atoms with Crippen LogP contribution in [0, 0.1) is 29.6 Å². The van der Waals surface area contributed by atoms with Gasteiger partial charge in [-0.3, -0.25) is 14.4 Å². The zero-order chi connectivity index (χ0) is 42.2. The molecular formula is C44H69NO12. The van der Waals surface area contributed by atoms with Gasteiger partial charge >= 0.3 is 5.97 Å². The number of aliphatic hydroxyl groups is 3. The van der Waals surface area contributed by atoms with Gasteiger partial charge < -0.3 is 43.9 Å². The van der Waals surface area contributed by atoms with Gasteiger partial charge in [0.2, 0.25) is 5.79 Å². The number of hydrogen-bond acceptors (Lipinski definition) is 12. The number of ether oxygens (including phenoxy) is 5. The number of aliphatic hydroxyl groups excluding tert-OH is 2. The fourth-order valence-electron chi connectivity index (χ4n) is 9.44. The Morgan fingerprint density at radius 2 is 1.58 bits per heavy atom. The predicted octanol–water partition coefficient (Wildman–Crippen LogP) is 4.64. The van der Waals surface area contributed by atoms with E-state index in [4.69, 9.17) is 23.7 Å². The first-order valence-corrected chi connectivity index (χ1v) is 20.9. The van der Waals surface area contributed by atoms with E-state index in [9.17, 15) is 34.5 Å². The number of esters is 1. The summed E-state index contributed by atoms with van der Waals surface area (Å²) in [4.78, 5) is 57.8. The number of amides is 1. The Bertz CT molecular complexity index is 1480. The summed E-state index contributed by atoms with van der Waals surface area (Å²) in [6.45, 7) is 13.2. The summed E-state index contributed by atoms with van der Waals surface area (Å²) >= 11 is 0. The lowest BCUT2D eigenvalue weighted by atomic mass is 9.81. The number of ketones is 2. The van der Waals surface area contributed by atoms with Crippen LogP contribution in [0.2, 0.25) is 0 Å². The number of hydrogen-bond donors (Lipinski definition) is 3. The second-order valence-corrected chi connectivity index (χ2v) is 17.3. The van der Waals surface area contributed by atoms with E-state index >= 15 is 0 Å².